The second-order valence-electron chi connectivity index (χ2n) is 4.79. The maximum absolute atomic E-state index is 12.2. The maximum Gasteiger partial charge on any atom is 0.246 e. The van der Waals surface area contributed by atoms with Crippen molar-refractivity contribution < 1.29 is 18.0 Å². The third kappa shape index (κ3) is 3.70. The fourth-order valence-electron chi connectivity index (χ4n) is 2.06. The predicted octanol–water partition coefficient (Wildman–Crippen LogP) is 2.03. The Morgan fingerprint density at radius 2 is 1.95 bits per heavy atom. The molecule has 1 aromatic heterocycles. The molecule has 1 atom stereocenters. The smallest absolute Gasteiger partial charge is 0.246 e. The van der Waals surface area contributed by atoms with Crippen LogP contribution in [0.5, 0.6) is 0 Å². The zero-order chi connectivity index (χ0) is 16.3. The van der Waals surface area contributed by atoms with E-state index in [9.17, 15) is 13.5 Å². The first-order chi connectivity index (χ1) is 10.3. The van der Waals surface area contributed by atoms with Gasteiger partial charge in [0, 0.05) is 11.4 Å². The number of nitrogens with one attached hydrogen (secondary N) is 1. The van der Waals surface area contributed by atoms with Crippen molar-refractivity contribution in [2.24, 2.45) is 0 Å². The molecule has 8 heteroatoms. The van der Waals surface area contributed by atoms with E-state index < -0.39 is 16.1 Å². The van der Waals surface area contributed by atoms with Crippen LogP contribution in [0.25, 0.3) is 0 Å². The fraction of sp³-hybridized carbons (Fsp3) is 0.357. The van der Waals surface area contributed by atoms with Gasteiger partial charge in [0.25, 0.3) is 0 Å². The summed E-state index contributed by atoms with van der Waals surface area (Å²) in [5.74, 6) is 0.226. The normalized spacial score (nSPS) is 13.3. The van der Waals surface area contributed by atoms with Crippen molar-refractivity contribution in [3.05, 3.63) is 41.3 Å². The van der Waals surface area contributed by atoms with E-state index in [0.717, 1.165) is 4.90 Å². The Bertz CT molecular complexity index is 719. The Balaban J connectivity index is 2.08. The highest BCUT2D eigenvalue weighted by molar-refractivity contribution is 7.98. The number of sulfonamides is 1. The van der Waals surface area contributed by atoms with E-state index in [1.54, 1.807) is 30.8 Å². The summed E-state index contributed by atoms with van der Waals surface area (Å²) in [6, 6.07) is 7.32. The Labute approximate surface area is 134 Å². The van der Waals surface area contributed by atoms with Gasteiger partial charge < -0.3 is 9.63 Å². The van der Waals surface area contributed by atoms with Gasteiger partial charge >= 0.3 is 0 Å². The Kier molecular flexibility index (Phi) is 5.28. The largest absolute Gasteiger partial charge is 0.387 e. The quantitative estimate of drug-likeness (QED) is 0.780. The second kappa shape index (κ2) is 6.82. The monoisotopic (exact) mass is 342 g/mol. The van der Waals surface area contributed by atoms with Gasteiger partial charge in [0.2, 0.25) is 10.0 Å². The van der Waals surface area contributed by atoms with E-state index in [2.05, 4.69) is 9.88 Å². The molecule has 0 aliphatic rings. The van der Waals surface area contributed by atoms with Crippen LogP contribution in [0.1, 0.15) is 23.1 Å². The van der Waals surface area contributed by atoms with Gasteiger partial charge in [-0.05, 0) is 37.8 Å². The molecule has 2 aromatic rings. The molecule has 0 aliphatic heterocycles. The Morgan fingerprint density at radius 1 is 1.32 bits per heavy atom. The van der Waals surface area contributed by atoms with E-state index in [1.807, 2.05) is 18.4 Å². The summed E-state index contributed by atoms with van der Waals surface area (Å²) in [7, 11) is -3.76. The lowest BCUT2D eigenvalue weighted by molar-refractivity contribution is 0.182. The maximum atomic E-state index is 12.2. The van der Waals surface area contributed by atoms with Crippen molar-refractivity contribution in [3.8, 4) is 0 Å². The van der Waals surface area contributed by atoms with Gasteiger partial charge in [0.15, 0.2) is 5.76 Å². The SMILES string of the molecule is CSc1ccc([C@@H](O)CNS(=O)(=O)c2c(C)noc2C)cc1. The van der Waals surface area contributed by atoms with Crippen molar-refractivity contribution in [2.45, 2.75) is 29.7 Å². The first-order valence-electron chi connectivity index (χ1n) is 6.59. The molecular formula is C14H18N2O4S2. The number of aryl methyl sites for hydroxylation is 2. The molecule has 0 fully saturated rings. The summed E-state index contributed by atoms with van der Waals surface area (Å²) in [4.78, 5) is 1.10. The molecule has 0 spiro atoms. The van der Waals surface area contributed by atoms with Gasteiger partial charge in [-0.1, -0.05) is 17.3 Å². The molecule has 0 saturated heterocycles. The zero-order valence-corrected chi connectivity index (χ0v) is 14.2. The third-order valence-electron chi connectivity index (χ3n) is 3.20. The molecule has 0 radical (unpaired) electrons. The summed E-state index contributed by atoms with van der Waals surface area (Å²) in [6.07, 6.45) is 1.04. The van der Waals surface area contributed by atoms with Crippen LogP contribution in [0.4, 0.5) is 0 Å². The number of hydrogen-bond donors (Lipinski definition) is 2. The number of hydrogen-bond acceptors (Lipinski definition) is 6. The summed E-state index contributed by atoms with van der Waals surface area (Å²) >= 11 is 1.60. The third-order valence-corrected chi connectivity index (χ3v) is 5.61. The number of aromatic nitrogens is 1. The van der Waals surface area contributed by atoms with Gasteiger partial charge in [-0.2, -0.15) is 0 Å². The lowest BCUT2D eigenvalue weighted by atomic mass is 10.1. The average Bonchev–Trinajstić information content (AvgIpc) is 2.84. The molecular weight excluding hydrogens is 324 g/mol. The predicted molar refractivity (Wildman–Crippen MR) is 84.3 cm³/mol. The van der Waals surface area contributed by atoms with Crippen molar-refractivity contribution in [3.63, 3.8) is 0 Å². The Hall–Kier alpha value is -1.35. The summed E-state index contributed by atoms with van der Waals surface area (Å²) in [5.41, 5.74) is 0.947. The van der Waals surface area contributed by atoms with Crippen LogP contribution in [-0.2, 0) is 10.0 Å². The molecule has 120 valence electrons. The van der Waals surface area contributed by atoms with Crippen molar-refractivity contribution in [2.75, 3.05) is 12.8 Å². The number of thioether (sulfide) groups is 1. The number of aliphatic hydroxyl groups excluding tert-OH is 1. The van der Waals surface area contributed by atoms with E-state index in [-0.39, 0.29) is 17.2 Å². The summed E-state index contributed by atoms with van der Waals surface area (Å²) in [5, 5.41) is 13.7. The topological polar surface area (TPSA) is 92.4 Å². The first kappa shape index (κ1) is 17.0. The molecule has 0 amide bonds. The van der Waals surface area contributed by atoms with Crippen LogP contribution in [-0.4, -0.2) is 31.5 Å². The lowest BCUT2D eigenvalue weighted by Gasteiger charge is -2.13. The van der Waals surface area contributed by atoms with Crippen LogP contribution >= 0.6 is 11.8 Å². The van der Waals surface area contributed by atoms with Gasteiger partial charge in [0.05, 0.1) is 6.10 Å². The second-order valence-corrected chi connectivity index (χ2v) is 7.38. The molecule has 2 N–H and O–H groups in total. The van der Waals surface area contributed by atoms with E-state index >= 15 is 0 Å². The first-order valence-corrected chi connectivity index (χ1v) is 9.30. The van der Waals surface area contributed by atoms with Gasteiger partial charge in [-0.3, -0.25) is 0 Å². The number of aliphatic hydroxyl groups is 1. The van der Waals surface area contributed by atoms with E-state index in [4.69, 9.17) is 4.52 Å². The Morgan fingerprint density at radius 3 is 2.45 bits per heavy atom. The lowest BCUT2D eigenvalue weighted by Crippen LogP contribution is -2.29. The average molecular weight is 342 g/mol. The van der Waals surface area contributed by atoms with Crippen LogP contribution in [0.3, 0.4) is 0 Å². The van der Waals surface area contributed by atoms with Crippen LogP contribution in [0, 0.1) is 13.8 Å². The van der Waals surface area contributed by atoms with Gasteiger partial charge in [-0.15, -0.1) is 11.8 Å². The van der Waals surface area contributed by atoms with Crippen molar-refractivity contribution in [1.29, 1.82) is 0 Å². The van der Waals surface area contributed by atoms with Gasteiger partial charge in [0.1, 0.15) is 10.6 Å². The van der Waals surface area contributed by atoms with Crippen LogP contribution in [0.2, 0.25) is 0 Å². The molecule has 0 unspecified atom stereocenters. The molecule has 2 rings (SSSR count). The summed E-state index contributed by atoms with van der Waals surface area (Å²) < 4.78 is 31.7. The molecule has 0 bridgehead atoms. The van der Waals surface area contributed by atoms with E-state index in [0.29, 0.717) is 11.3 Å². The highest BCUT2D eigenvalue weighted by atomic mass is 32.2. The fourth-order valence-corrected chi connectivity index (χ4v) is 3.83. The van der Waals surface area contributed by atoms with Crippen molar-refractivity contribution in [1.82, 2.24) is 9.88 Å². The zero-order valence-electron chi connectivity index (χ0n) is 12.5. The number of rotatable bonds is 6. The molecule has 0 aliphatic carbocycles. The van der Waals surface area contributed by atoms with Gasteiger partial charge in [-0.25, -0.2) is 13.1 Å². The highest BCUT2D eigenvalue weighted by Crippen LogP contribution is 2.21. The number of benzene rings is 1. The molecule has 1 heterocycles. The molecule has 1 aromatic carbocycles. The van der Waals surface area contributed by atoms with Crippen LogP contribution < -0.4 is 4.72 Å². The standard InChI is InChI=1S/C14H18N2O4S2/c1-9-14(10(2)20-16-9)22(18,19)15-8-13(17)11-4-6-12(21-3)7-5-11/h4-7,13,15,17H,8H2,1-3H3/t13-/m0/s1. The minimum atomic E-state index is -3.76. The molecule has 22 heavy (non-hydrogen) atoms. The number of nitrogens with zero attached hydrogens (tertiary/aromatic N) is 1. The van der Waals surface area contributed by atoms with Crippen LogP contribution in [0.15, 0.2) is 38.6 Å². The van der Waals surface area contributed by atoms with Crippen molar-refractivity contribution >= 4 is 21.8 Å². The minimum Gasteiger partial charge on any atom is -0.387 e. The highest BCUT2D eigenvalue weighted by Gasteiger charge is 2.24. The molecule has 6 nitrogen and oxygen atoms in total. The summed E-state index contributed by atoms with van der Waals surface area (Å²) in [6.45, 7) is 2.97. The van der Waals surface area contributed by atoms with E-state index in [1.165, 1.54) is 6.92 Å². The minimum absolute atomic E-state index is 0.0254. The molecule has 0 saturated carbocycles.